The van der Waals surface area contributed by atoms with Crippen LogP contribution in [0.5, 0.6) is 0 Å². The first-order valence-electron chi connectivity index (χ1n) is 8.26. The molecule has 130 valence electrons. The number of rotatable bonds is 6. The average Bonchev–Trinajstić information content (AvgIpc) is 2.68. The minimum Gasteiger partial charge on any atom is -0.376 e. The number of nitrogens with one attached hydrogen (secondary N) is 3. The molecule has 0 spiro atoms. The van der Waals surface area contributed by atoms with E-state index in [1.54, 1.807) is 24.3 Å². The summed E-state index contributed by atoms with van der Waals surface area (Å²) in [5, 5.41) is 8.71. The lowest BCUT2D eigenvalue weighted by atomic mass is 10.2. The Hall–Kier alpha value is -3.60. The molecule has 3 N–H and O–H groups in total. The van der Waals surface area contributed by atoms with E-state index in [1.807, 2.05) is 60.7 Å². The number of para-hydroxylation sites is 1. The fourth-order valence-electron chi connectivity index (χ4n) is 2.41. The second kappa shape index (κ2) is 8.48. The summed E-state index contributed by atoms with van der Waals surface area (Å²) < 4.78 is 0. The number of benzene rings is 3. The van der Waals surface area contributed by atoms with E-state index in [0.29, 0.717) is 11.3 Å². The van der Waals surface area contributed by atoms with Gasteiger partial charge in [-0.2, -0.15) is 0 Å². The first-order valence-corrected chi connectivity index (χ1v) is 8.26. The zero-order valence-corrected chi connectivity index (χ0v) is 14.1. The largest absolute Gasteiger partial charge is 0.376 e. The SMILES string of the molecule is O=C(CNc1cccc(NC(=O)c2ccccc2)c1)Nc1ccccc1. The Kier molecular flexibility index (Phi) is 5.62. The fourth-order valence-corrected chi connectivity index (χ4v) is 2.41. The van der Waals surface area contributed by atoms with E-state index in [0.717, 1.165) is 11.4 Å². The standard InChI is InChI=1S/C21H19N3O2/c25-20(23-17-10-5-2-6-11-17)15-22-18-12-7-13-19(14-18)24-21(26)16-8-3-1-4-9-16/h1-14,22H,15H2,(H,23,25)(H,24,26). The Balaban J connectivity index is 1.55. The lowest BCUT2D eigenvalue weighted by molar-refractivity contribution is -0.114. The van der Waals surface area contributed by atoms with E-state index in [1.165, 1.54) is 0 Å². The van der Waals surface area contributed by atoms with E-state index in [-0.39, 0.29) is 18.4 Å². The molecule has 0 radical (unpaired) electrons. The summed E-state index contributed by atoms with van der Waals surface area (Å²) in [5.74, 6) is -0.320. The van der Waals surface area contributed by atoms with Crippen molar-refractivity contribution in [3.8, 4) is 0 Å². The van der Waals surface area contributed by atoms with Gasteiger partial charge in [0.25, 0.3) is 5.91 Å². The van der Waals surface area contributed by atoms with Crippen molar-refractivity contribution in [3.63, 3.8) is 0 Å². The van der Waals surface area contributed by atoms with Crippen LogP contribution < -0.4 is 16.0 Å². The molecule has 0 bridgehead atoms. The lowest BCUT2D eigenvalue weighted by Gasteiger charge is -2.10. The topological polar surface area (TPSA) is 70.2 Å². The van der Waals surface area contributed by atoms with Gasteiger partial charge in [0.1, 0.15) is 0 Å². The van der Waals surface area contributed by atoms with Crippen LogP contribution in [0.4, 0.5) is 17.1 Å². The molecule has 0 saturated carbocycles. The van der Waals surface area contributed by atoms with Gasteiger partial charge in [0.15, 0.2) is 0 Å². The molecule has 0 atom stereocenters. The van der Waals surface area contributed by atoms with Gasteiger partial charge in [-0.15, -0.1) is 0 Å². The van der Waals surface area contributed by atoms with E-state index >= 15 is 0 Å². The number of anilines is 3. The van der Waals surface area contributed by atoms with Crippen molar-refractivity contribution in [2.75, 3.05) is 22.5 Å². The van der Waals surface area contributed by atoms with Crippen molar-refractivity contribution in [1.82, 2.24) is 0 Å². The summed E-state index contributed by atoms with van der Waals surface area (Å²) in [6.07, 6.45) is 0. The van der Waals surface area contributed by atoms with Crippen LogP contribution in [-0.4, -0.2) is 18.4 Å². The Morgan fingerprint density at radius 1 is 0.654 bits per heavy atom. The third kappa shape index (κ3) is 4.95. The number of amides is 2. The molecule has 0 aliphatic rings. The number of carbonyl (C=O) groups is 2. The third-order valence-electron chi connectivity index (χ3n) is 3.67. The molecule has 0 saturated heterocycles. The summed E-state index contributed by atoms with van der Waals surface area (Å²) >= 11 is 0. The van der Waals surface area contributed by atoms with Crippen LogP contribution in [0.1, 0.15) is 10.4 Å². The molecule has 3 aromatic carbocycles. The molecule has 0 aliphatic carbocycles. The first kappa shape index (κ1) is 17.2. The van der Waals surface area contributed by atoms with Crippen molar-refractivity contribution in [2.24, 2.45) is 0 Å². The highest BCUT2D eigenvalue weighted by molar-refractivity contribution is 6.04. The van der Waals surface area contributed by atoms with Gasteiger partial charge in [0, 0.05) is 22.6 Å². The van der Waals surface area contributed by atoms with Crippen molar-refractivity contribution >= 4 is 28.9 Å². The minimum absolute atomic E-state index is 0.130. The van der Waals surface area contributed by atoms with Gasteiger partial charge in [-0.1, -0.05) is 42.5 Å². The van der Waals surface area contributed by atoms with Crippen LogP contribution in [0, 0.1) is 0 Å². The van der Waals surface area contributed by atoms with Crippen molar-refractivity contribution in [2.45, 2.75) is 0 Å². The van der Waals surface area contributed by atoms with E-state index in [2.05, 4.69) is 16.0 Å². The normalized spacial score (nSPS) is 10.0. The van der Waals surface area contributed by atoms with Crippen LogP contribution >= 0.6 is 0 Å². The smallest absolute Gasteiger partial charge is 0.255 e. The second-order valence-corrected chi connectivity index (χ2v) is 5.67. The number of hydrogen-bond acceptors (Lipinski definition) is 3. The Morgan fingerprint density at radius 3 is 2.00 bits per heavy atom. The van der Waals surface area contributed by atoms with Crippen LogP contribution in [0.3, 0.4) is 0 Å². The maximum atomic E-state index is 12.2. The molecule has 0 fully saturated rings. The summed E-state index contributed by atoms with van der Waals surface area (Å²) in [6, 6.07) is 25.5. The van der Waals surface area contributed by atoms with E-state index in [4.69, 9.17) is 0 Å². The summed E-state index contributed by atoms with van der Waals surface area (Å²) in [6.45, 7) is 0.130. The molecule has 5 heteroatoms. The predicted octanol–water partition coefficient (Wildman–Crippen LogP) is 3.99. The van der Waals surface area contributed by atoms with Gasteiger partial charge in [0.05, 0.1) is 6.54 Å². The molecule has 3 rings (SSSR count). The number of hydrogen-bond donors (Lipinski definition) is 3. The van der Waals surface area contributed by atoms with Gasteiger partial charge < -0.3 is 16.0 Å². The van der Waals surface area contributed by atoms with Gasteiger partial charge in [-0.3, -0.25) is 9.59 Å². The minimum atomic E-state index is -0.176. The van der Waals surface area contributed by atoms with Crippen LogP contribution in [-0.2, 0) is 4.79 Å². The van der Waals surface area contributed by atoms with Gasteiger partial charge >= 0.3 is 0 Å². The molecule has 0 unspecified atom stereocenters. The van der Waals surface area contributed by atoms with Gasteiger partial charge in [-0.25, -0.2) is 0 Å². The average molecular weight is 345 g/mol. The Morgan fingerprint density at radius 2 is 1.27 bits per heavy atom. The third-order valence-corrected chi connectivity index (χ3v) is 3.67. The number of carbonyl (C=O) groups excluding carboxylic acids is 2. The second-order valence-electron chi connectivity index (χ2n) is 5.67. The van der Waals surface area contributed by atoms with E-state index in [9.17, 15) is 9.59 Å². The van der Waals surface area contributed by atoms with Crippen molar-refractivity contribution in [3.05, 3.63) is 90.5 Å². The Bertz CT molecular complexity index is 880. The lowest BCUT2D eigenvalue weighted by Crippen LogP contribution is -2.21. The monoisotopic (exact) mass is 345 g/mol. The van der Waals surface area contributed by atoms with Crippen molar-refractivity contribution < 1.29 is 9.59 Å². The van der Waals surface area contributed by atoms with E-state index < -0.39 is 0 Å². The quantitative estimate of drug-likeness (QED) is 0.633. The van der Waals surface area contributed by atoms with Crippen molar-refractivity contribution in [1.29, 1.82) is 0 Å². The molecular weight excluding hydrogens is 326 g/mol. The predicted molar refractivity (Wildman–Crippen MR) is 104 cm³/mol. The molecule has 2 amide bonds. The molecule has 0 aliphatic heterocycles. The van der Waals surface area contributed by atoms with Crippen LogP contribution in [0.25, 0.3) is 0 Å². The zero-order valence-electron chi connectivity index (χ0n) is 14.1. The first-order chi connectivity index (χ1) is 12.7. The molecule has 5 nitrogen and oxygen atoms in total. The summed E-state index contributed by atoms with van der Waals surface area (Å²) in [4.78, 5) is 24.2. The summed E-state index contributed by atoms with van der Waals surface area (Å²) in [5.41, 5.74) is 2.75. The zero-order chi connectivity index (χ0) is 18.2. The maximum Gasteiger partial charge on any atom is 0.255 e. The fraction of sp³-hybridized carbons (Fsp3) is 0.0476. The van der Waals surface area contributed by atoms with Crippen LogP contribution in [0.2, 0.25) is 0 Å². The molecule has 26 heavy (non-hydrogen) atoms. The maximum absolute atomic E-state index is 12.2. The molecular formula is C21H19N3O2. The Labute approximate surface area is 152 Å². The highest BCUT2D eigenvalue weighted by Gasteiger charge is 2.06. The molecule has 0 heterocycles. The summed E-state index contributed by atoms with van der Waals surface area (Å²) in [7, 11) is 0. The molecule has 3 aromatic rings. The highest BCUT2D eigenvalue weighted by Crippen LogP contribution is 2.16. The van der Waals surface area contributed by atoms with Gasteiger partial charge in [-0.05, 0) is 42.5 Å². The van der Waals surface area contributed by atoms with Crippen LogP contribution in [0.15, 0.2) is 84.9 Å². The van der Waals surface area contributed by atoms with Gasteiger partial charge in [0.2, 0.25) is 5.91 Å². The molecule has 0 aromatic heterocycles. The highest BCUT2D eigenvalue weighted by atomic mass is 16.2.